The molecule has 0 amide bonds. The smallest absolute Gasteiger partial charge is 0.416 e. The first-order valence-electron chi connectivity index (χ1n) is 12.1. The van der Waals surface area contributed by atoms with Crippen LogP contribution in [0.2, 0.25) is 0 Å². The molecule has 0 aromatic heterocycles. The minimum Gasteiger partial charge on any atom is -0.416 e. The second-order valence-electron chi connectivity index (χ2n) is 8.56. The summed E-state index contributed by atoms with van der Waals surface area (Å²) in [6.07, 6.45) is 11.5. The normalized spacial score (nSPS) is 11.3. The van der Waals surface area contributed by atoms with E-state index in [2.05, 4.69) is 13.8 Å². The Kier molecular flexibility index (Phi) is 11.6. The molecule has 0 spiro atoms. The first-order valence-corrected chi connectivity index (χ1v) is 13.8. The first kappa shape index (κ1) is 26.2. The van der Waals surface area contributed by atoms with Crippen molar-refractivity contribution in [3.05, 3.63) is 59.7 Å². The summed E-state index contributed by atoms with van der Waals surface area (Å²) in [5.74, 6) is 0.687. The Morgan fingerprint density at radius 2 is 1.09 bits per heavy atom. The SMILES string of the molecule is CCCCCCc1ccc(OP(=O)(CC(C)=O)Oc2ccc(CCCCCC)cc2)cc1. The molecule has 176 valence electrons. The predicted molar refractivity (Wildman–Crippen MR) is 133 cm³/mol. The Bertz CT molecular complexity index is 781. The maximum atomic E-state index is 13.4. The quantitative estimate of drug-likeness (QED) is 0.188. The van der Waals surface area contributed by atoms with Crippen LogP contribution >= 0.6 is 7.60 Å². The largest absolute Gasteiger partial charge is 0.438 e. The fourth-order valence-corrected chi connectivity index (χ4v) is 5.22. The van der Waals surface area contributed by atoms with Crippen molar-refractivity contribution >= 4 is 13.4 Å². The minimum atomic E-state index is -3.66. The third-order valence-electron chi connectivity index (χ3n) is 5.39. The summed E-state index contributed by atoms with van der Waals surface area (Å²) in [5.41, 5.74) is 2.45. The van der Waals surface area contributed by atoms with Crippen molar-refractivity contribution in [3.63, 3.8) is 0 Å². The zero-order valence-electron chi connectivity index (χ0n) is 20.0. The molecule has 2 aromatic carbocycles. The lowest BCUT2D eigenvalue weighted by molar-refractivity contribution is -0.114. The van der Waals surface area contributed by atoms with Gasteiger partial charge in [-0.15, -0.1) is 0 Å². The van der Waals surface area contributed by atoms with Gasteiger partial charge in [0.15, 0.2) is 0 Å². The van der Waals surface area contributed by atoms with Gasteiger partial charge >= 0.3 is 7.60 Å². The van der Waals surface area contributed by atoms with E-state index >= 15 is 0 Å². The van der Waals surface area contributed by atoms with E-state index in [1.54, 1.807) is 0 Å². The lowest BCUT2D eigenvalue weighted by Gasteiger charge is -2.19. The molecule has 0 aliphatic carbocycles. The van der Waals surface area contributed by atoms with Crippen LogP contribution in [0.3, 0.4) is 0 Å². The number of hydrogen-bond acceptors (Lipinski definition) is 4. The summed E-state index contributed by atoms with van der Waals surface area (Å²) in [7, 11) is -3.66. The number of Topliss-reactive ketones (excluding diaryl/α,β-unsaturated/α-hetero) is 1. The Hall–Kier alpha value is -2.06. The molecule has 32 heavy (non-hydrogen) atoms. The molecular formula is C27H39O4P. The second-order valence-corrected chi connectivity index (χ2v) is 10.5. The molecular weight excluding hydrogens is 419 g/mol. The van der Waals surface area contributed by atoms with Gasteiger partial charge in [0.05, 0.1) is 0 Å². The molecule has 0 atom stereocenters. The van der Waals surface area contributed by atoms with Gasteiger partial charge in [0.2, 0.25) is 0 Å². The third kappa shape index (κ3) is 10.0. The van der Waals surface area contributed by atoms with E-state index in [4.69, 9.17) is 9.05 Å². The molecule has 5 heteroatoms. The number of carbonyl (C=O) groups is 1. The van der Waals surface area contributed by atoms with Crippen LogP contribution in [-0.4, -0.2) is 11.9 Å². The summed E-state index contributed by atoms with van der Waals surface area (Å²) in [6, 6.07) is 15.2. The van der Waals surface area contributed by atoms with Crippen LogP contribution in [0.4, 0.5) is 0 Å². The Morgan fingerprint density at radius 3 is 1.44 bits per heavy atom. The first-order chi connectivity index (χ1) is 15.4. The fourth-order valence-electron chi connectivity index (χ4n) is 3.62. The number of hydrogen-bond donors (Lipinski definition) is 0. The number of benzene rings is 2. The molecule has 0 unspecified atom stereocenters. The Balaban J connectivity index is 1.98. The standard InChI is InChI=1S/C27H39O4P/c1-4-6-8-10-12-24-14-18-26(19-15-24)30-32(29,22-23(3)28)31-27-20-16-25(17-21-27)13-11-9-7-5-2/h14-21H,4-13,22H2,1-3H3. The molecule has 0 saturated heterocycles. The Labute approximate surface area is 194 Å². The van der Waals surface area contributed by atoms with Gasteiger partial charge in [-0.2, -0.15) is 0 Å². The highest BCUT2D eigenvalue weighted by atomic mass is 31.2. The molecule has 0 N–H and O–H groups in total. The molecule has 4 nitrogen and oxygen atoms in total. The van der Waals surface area contributed by atoms with Crippen LogP contribution in [0.25, 0.3) is 0 Å². The van der Waals surface area contributed by atoms with Gasteiger partial charge in [-0.3, -0.25) is 4.79 Å². The number of carbonyl (C=O) groups excluding carboxylic acids is 1. The highest BCUT2D eigenvalue weighted by molar-refractivity contribution is 7.55. The lowest BCUT2D eigenvalue weighted by atomic mass is 10.1. The van der Waals surface area contributed by atoms with Crippen molar-refractivity contribution < 1.29 is 18.4 Å². The van der Waals surface area contributed by atoms with Crippen LogP contribution in [0.15, 0.2) is 48.5 Å². The predicted octanol–water partition coefficient (Wildman–Crippen LogP) is 8.17. The van der Waals surface area contributed by atoms with Gasteiger partial charge < -0.3 is 9.05 Å². The maximum absolute atomic E-state index is 13.4. The van der Waals surface area contributed by atoms with Crippen molar-refractivity contribution in [2.75, 3.05) is 6.16 Å². The zero-order valence-corrected chi connectivity index (χ0v) is 20.9. The van der Waals surface area contributed by atoms with Gasteiger partial charge in [0, 0.05) is 0 Å². The van der Waals surface area contributed by atoms with Gasteiger partial charge in [-0.25, -0.2) is 4.57 Å². The molecule has 0 heterocycles. The lowest BCUT2D eigenvalue weighted by Crippen LogP contribution is -2.10. The molecule has 0 bridgehead atoms. The van der Waals surface area contributed by atoms with Crippen LogP contribution < -0.4 is 9.05 Å². The maximum Gasteiger partial charge on any atom is 0.438 e. The summed E-state index contributed by atoms with van der Waals surface area (Å²) in [6.45, 7) is 5.81. The van der Waals surface area contributed by atoms with Crippen molar-refractivity contribution in [1.29, 1.82) is 0 Å². The van der Waals surface area contributed by atoms with Crippen LogP contribution in [0.1, 0.15) is 83.3 Å². The van der Waals surface area contributed by atoms with Crippen LogP contribution in [-0.2, 0) is 22.2 Å². The summed E-state index contributed by atoms with van der Waals surface area (Å²) in [4.78, 5) is 11.8. The monoisotopic (exact) mass is 458 g/mol. The van der Waals surface area contributed by atoms with Crippen molar-refractivity contribution in [3.8, 4) is 11.5 Å². The molecule has 0 saturated carbocycles. The minimum absolute atomic E-state index is 0.228. The summed E-state index contributed by atoms with van der Waals surface area (Å²) in [5, 5.41) is 0. The third-order valence-corrected chi connectivity index (χ3v) is 7.20. The van der Waals surface area contributed by atoms with E-state index in [1.807, 2.05) is 48.5 Å². The van der Waals surface area contributed by atoms with Crippen LogP contribution in [0, 0.1) is 0 Å². The molecule has 0 aliphatic heterocycles. The topological polar surface area (TPSA) is 52.6 Å². The molecule has 2 aromatic rings. The van der Waals surface area contributed by atoms with Crippen molar-refractivity contribution in [2.24, 2.45) is 0 Å². The number of ketones is 1. The van der Waals surface area contributed by atoms with Crippen molar-refractivity contribution in [2.45, 2.75) is 85.0 Å². The van der Waals surface area contributed by atoms with Gasteiger partial charge in [0.1, 0.15) is 23.4 Å². The molecule has 0 aliphatic rings. The van der Waals surface area contributed by atoms with Crippen molar-refractivity contribution in [1.82, 2.24) is 0 Å². The molecule has 2 rings (SSSR count). The number of aryl methyl sites for hydroxylation is 2. The van der Waals surface area contributed by atoms with E-state index < -0.39 is 7.60 Å². The van der Waals surface area contributed by atoms with E-state index in [1.165, 1.54) is 56.6 Å². The molecule has 0 radical (unpaired) electrons. The summed E-state index contributed by atoms with van der Waals surface area (Å²) >= 11 is 0. The highest BCUT2D eigenvalue weighted by Crippen LogP contribution is 2.48. The number of unbranched alkanes of at least 4 members (excludes halogenated alkanes) is 6. The second kappa shape index (κ2) is 14.2. The van der Waals surface area contributed by atoms with E-state index in [0.717, 1.165) is 25.7 Å². The summed E-state index contributed by atoms with van der Waals surface area (Å²) < 4.78 is 24.9. The Morgan fingerprint density at radius 1 is 0.688 bits per heavy atom. The highest BCUT2D eigenvalue weighted by Gasteiger charge is 2.30. The van der Waals surface area contributed by atoms with E-state index in [0.29, 0.717) is 11.5 Å². The van der Waals surface area contributed by atoms with Gasteiger partial charge in [-0.1, -0.05) is 76.6 Å². The number of rotatable bonds is 16. The average Bonchev–Trinajstić information content (AvgIpc) is 2.76. The fraction of sp³-hybridized carbons (Fsp3) is 0.519. The van der Waals surface area contributed by atoms with Gasteiger partial charge in [-0.05, 0) is 68.0 Å². The molecule has 0 fully saturated rings. The average molecular weight is 459 g/mol. The zero-order chi connectivity index (χ0) is 23.2. The van der Waals surface area contributed by atoms with Crippen LogP contribution in [0.5, 0.6) is 11.5 Å². The van der Waals surface area contributed by atoms with E-state index in [9.17, 15) is 9.36 Å². The van der Waals surface area contributed by atoms with E-state index in [-0.39, 0.29) is 11.9 Å². The van der Waals surface area contributed by atoms with Gasteiger partial charge in [0.25, 0.3) is 0 Å².